The molecule has 1 saturated heterocycles. The van der Waals surface area contributed by atoms with Crippen LogP contribution in [0.25, 0.3) is 0 Å². The van der Waals surface area contributed by atoms with Crippen molar-refractivity contribution in [3.05, 3.63) is 24.3 Å². The van der Waals surface area contributed by atoms with Crippen LogP contribution in [-0.2, 0) is 9.59 Å². The minimum Gasteiger partial charge on any atom is -0.486 e. The number of nitrogens with zero attached hydrogens (tertiary/aromatic N) is 1. The smallest absolute Gasteiger partial charge is 0.225 e. The zero-order valence-corrected chi connectivity index (χ0v) is 14.3. The van der Waals surface area contributed by atoms with Gasteiger partial charge < -0.3 is 19.7 Å². The molecule has 25 heavy (non-hydrogen) atoms. The molecule has 1 unspecified atom stereocenters. The van der Waals surface area contributed by atoms with Crippen LogP contribution < -0.4 is 14.8 Å². The topological polar surface area (TPSA) is 67.9 Å². The lowest BCUT2D eigenvalue weighted by atomic mass is 9.95. The molecule has 1 N–H and O–H groups in total. The van der Waals surface area contributed by atoms with Crippen molar-refractivity contribution in [3.8, 4) is 11.5 Å². The highest BCUT2D eigenvalue weighted by Gasteiger charge is 2.36. The SMILES string of the molecule is O=C(NCC1COc2ccccc2O1)C1CCN(C(=O)C2CC2)CC1. The molecule has 0 radical (unpaired) electrons. The van der Waals surface area contributed by atoms with E-state index in [0.29, 0.717) is 26.2 Å². The molecular formula is C19H24N2O4. The highest BCUT2D eigenvalue weighted by Crippen LogP contribution is 2.33. The standard InChI is InChI=1S/C19H24N2O4/c22-18(13-7-9-21(10-8-13)19(23)14-5-6-14)20-11-15-12-24-16-3-1-2-4-17(16)25-15/h1-4,13-15H,5-12H2,(H,20,22). The first-order valence-electron chi connectivity index (χ1n) is 9.15. The Kier molecular flexibility index (Phi) is 4.51. The first-order chi connectivity index (χ1) is 12.2. The van der Waals surface area contributed by atoms with Crippen molar-refractivity contribution in [1.29, 1.82) is 0 Å². The average molecular weight is 344 g/mol. The number of ether oxygens (including phenoxy) is 2. The molecule has 1 aromatic rings. The number of likely N-dealkylation sites (tertiary alicyclic amines) is 1. The minimum absolute atomic E-state index is 0.0138. The third-order valence-corrected chi connectivity index (χ3v) is 5.18. The predicted octanol–water partition coefficient (Wildman–Crippen LogP) is 1.59. The van der Waals surface area contributed by atoms with Crippen molar-refractivity contribution >= 4 is 11.8 Å². The summed E-state index contributed by atoms with van der Waals surface area (Å²) in [5, 5.41) is 2.98. The third-order valence-electron chi connectivity index (χ3n) is 5.18. The Bertz CT molecular complexity index is 651. The van der Waals surface area contributed by atoms with Crippen LogP contribution in [0.2, 0.25) is 0 Å². The summed E-state index contributed by atoms with van der Waals surface area (Å²) in [6.07, 6.45) is 3.39. The molecule has 0 spiro atoms. The summed E-state index contributed by atoms with van der Waals surface area (Å²) in [4.78, 5) is 26.4. The Labute approximate surface area is 147 Å². The molecule has 1 aliphatic carbocycles. The second kappa shape index (κ2) is 6.94. The Hall–Kier alpha value is -2.24. The van der Waals surface area contributed by atoms with Crippen molar-refractivity contribution in [2.45, 2.75) is 31.8 Å². The van der Waals surface area contributed by atoms with Crippen molar-refractivity contribution in [2.24, 2.45) is 11.8 Å². The molecular weight excluding hydrogens is 320 g/mol. The van der Waals surface area contributed by atoms with E-state index in [9.17, 15) is 9.59 Å². The fourth-order valence-electron chi connectivity index (χ4n) is 3.47. The minimum atomic E-state index is -0.171. The van der Waals surface area contributed by atoms with Crippen molar-refractivity contribution < 1.29 is 19.1 Å². The number of amides is 2. The molecule has 2 aliphatic heterocycles. The summed E-state index contributed by atoms with van der Waals surface area (Å²) in [5.74, 6) is 2.06. The van der Waals surface area contributed by atoms with Crippen molar-refractivity contribution in [2.75, 3.05) is 26.2 Å². The van der Waals surface area contributed by atoms with Crippen LogP contribution in [0.15, 0.2) is 24.3 Å². The summed E-state index contributed by atoms with van der Waals surface area (Å²) < 4.78 is 11.5. The van der Waals surface area contributed by atoms with Gasteiger partial charge in [-0.25, -0.2) is 0 Å². The van der Waals surface area contributed by atoms with Gasteiger partial charge in [0.05, 0.1) is 6.54 Å². The van der Waals surface area contributed by atoms with Crippen LogP contribution in [0.3, 0.4) is 0 Å². The van der Waals surface area contributed by atoms with Gasteiger partial charge in [-0.15, -0.1) is 0 Å². The second-order valence-corrected chi connectivity index (χ2v) is 7.12. The first-order valence-corrected chi connectivity index (χ1v) is 9.15. The van der Waals surface area contributed by atoms with Gasteiger partial charge in [0.1, 0.15) is 12.7 Å². The highest BCUT2D eigenvalue weighted by atomic mass is 16.6. The maximum Gasteiger partial charge on any atom is 0.225 e. The molecule has 1 saturated carbocycles. The number of carbonyl (C=O) groups excluding carboxylic acids is 2. The summed E-state index contributed by atoms with van der Waals surface area (Å²) in [6.45, 7) is 2.27. The van der Waals surface area contributed by atoms with Crippen molar-refractivity contribution in [1.82, 2.24) is 10.2 Å². The lowest BCUT2D eigenvalue weighted by molar-refractivity contribution is -0.136. The third kappa shape index (κ3) is 3.72. The number of rotatable bonds is 4. The molecule has 1 atom stereocenters. The summed E-state index contributed by atoms with van der Waals surface area (Å²) in [5.41, 5.74) is 0. The average Bonchev–Trinajstić information content (AvgIpc) is 3.51. The van der Waals surface area contributed by atoms with E-state index in [1.807, 2.05) is 29.2 Å². The number of para-hydroxylation sites is 2. The summed E-state index contributed by atoms with van der Waals surface area (Å²) >= 11 is 0. The molecule has 1 aromatic carbocycles. The Morgan fingerprint density at radius 2 is 1.76 bits per heavy atom. The number of piperidine rings is 1. The van der Waals surface area contributed by atoms with E-state index < -0.39 is 0 Å². The summed E-state index contributed by atoms with van der Waals surface area (Å²) in [6, 6.07) is 7.56. The van der Waals surface area contributed by atoms with E-state index in [4.69, 9.17) is 9.47 Å². The fourth-order valence-corrected chi connectivity index (χ4v) is 3.47. The van der Waals surface area contributed by atoms with Crippen LogP contribution in [0, 0.1) is 11.8 Å². The molecule has 6 heteroatoms. The number of hydrogen-bond acceptors (Lipinski definition) is 4. The maximum absolute atomic E-state index is 12.4. The molecule has 0 aromatic heterocycles. The number of carbonyl (C=O) groups is 2. The maximum atomic E-state index is 12.4. The van der Waals surface area contributed by atoms with Gasteiger partial charge in [-0.3, -0.25) is 9.59 Å². The number of nitrogens with one attached hydrogen (secondary N) is 1. The van der Waals surface area contributed by atoms with Gasteiger partial charge in [-0.05, 0) is 37.8 Å². The van der Waals surface area contributed by atoms with Gasteiger partial charge in [0, 0.05) is 24.9 Å². The van der Waals surface area contributed by atoms with E-state index in [2.05, 4.69) is 5.32 Å². The fraction of sp³-hybridized carbons (Fsp3) is 0.579. The largest absolute Gasteiger partial charge is 0.486 e. The Balaban J connectivity index is 1.21. The van der Waals surface area contributed by atoms with Crippen LogP contribution in [0.4, 0.5) is 0 Å². The lowest BCUT2D eigenvalue weighted by Crippen LogP contribution is -2.46. The molecule has 6 nitrogen and oxygen atoms in total. The van der Waals surface area contributed by atoms with Gasteiger partial charge >= 0.3 is 0 Å². The zero-order valence-electron chi connectivity index (χ0n) is 14.3. The van der Waals surface area contributed by atoms with E-state index in [-0.39, 0.29) is 29.8 Å². The molecule has 2 fully saturated rings. The van der Waals surface area contributed by atoms with E-state index in [0.717, 1.165) is 37.2 Å². The van der Waals surface area contributed by atoms with Gasteiger partial charge in [-0.2, -0.15) is 0 Å². The summed E-state index contributed by atoms with van der Waals surface area (Å²) in [7, 11) is 0. The van der Waals surface area contributed by atoms with Gasteiger partial charge in [0.15, 0.2) is 11.5 Å². The van der Waals surface area contributed by atoms with Crippen LogP contribution in [0.5, 0.6) is 11.5 Å². The van der Waals surface area contributed by atoms with E-state index in [1.165, 1.54) is 0 Å². The first kappa shape index (κ1) is 16.2. The van der Waals surface area contributed by atoms with Crippen LogP contribution in [-0.4, -0.2) is 49.1 Å². The molecule has 3 aliphatic rings. The molecule has 2 heterocycles. The van der Waals surface area contributed by atoms with Crippen LogP contribution >= 0.6 is 0 Å². The molecule has 134 valence electrons. The predicted molar refractivity (Wildman–Crippen MR) is 91.4 cm³/mol. The lowest BCUT2D eigenvalue weighted by Gasteiger charge is -2.32. The molecule has 4 rings (SSSR count). The van der Waals surface area contributed by atoms with Crippen molar-refractivity contribution in [3.63, 3.8) is 0 Å². The quantitative estimate of drug-likeness (QED) is 0.901. The second-order valence-electron chi connectivity index (χ2n) is 7.12. The van der Waals surface area contributed by atoms with E-state index >= 15 is 0 Å². The highest BCUT2D eigenvalue weighted by molar-refractivity contribution is 5.82. The monoisotopic (exact) mass is 344 g/mol. The normalized spacial score (nSPS) is 23.2. The molecule has 0 bridgehead atoms. The number of hydrogen-bond donors (Lipinski definition) is 1. The zero-order chi connectivity index (χ0) is 17.2. The Morgan fingerprint density at radius 3 is 2.48 bits per heavy atom. The number of benzene rings is 1. The van der Waals surface area contributed by atoms with Crippen LogP contribution in [0.1, 0.15) is 25.7 Å². The van der Waals surface area contributed by atoms with Gasteiger partial charge in [0.2, 0.25) is 11.8 Å². The molecule has 2 amide bonds. The van der Waals surface area contributed by atoms with Gasteiger partial charge in [0.25, 0.3) is 0 Å². The Morgan fingerprint density at radius 1 is 1.04 bits per heavy atom. The van der Waals surface area contributed by atoms with Gasteiger partial charge in [-0.1, -0.05) is 12.1 Å². The van der Waals surface area contributed by atoms with E-state index in [1.54, 1.807) is 0 Å². The number of fused-ring (bicyclic) bond motifs is 1.